The quantitative estimate of drug-likeness (QED) is 0.580. The van der Waals surface area contributed by atoms with Gasteiger partial charge in [-0.1, -0.05) is 19.3 Å². The maximum Gasteiger partial charge on any atom is 0.416 e. The van der Waals surface area contributed by atoms with Gasteiger partial charge in [0, 0.05) is 24.1 Å². The zero-order valence-electron chi connectivity index (χ0n) is 13.8. The third-order valence-corrected chi connectivity index (χ3v) is 5.74. The molecule has 0 unspecified atom stereocenters. The molecule has 0 amide bonds. The molecule has 0 spiro atoms. The molecule has 1 aromatic heterocycles. The van der Waals surface area contributed by atoms with E-state index in [0.717, 1.165) is 37.0 Å². The van der Waals surface area contributed by atoms with Crippen molar-refractivity contribution in [3.63, 3.8) is 0 Å². The maximum atomic E-state index is 13.0. The molecule has 5 nitrogen and oxygen atoms in total. The zero-order chi connectivity index (χ0) is 18.9. The van der Waals surface area contributed by atoms with Gasteiger partial charge < -0.3 is 5.32 Å². The van der Waals surface area contributed by atoms with E-state index >= 15 is 0 Å². The highest BCUT2D eigenvalue weighted by Crippen LogP contribution is 2.38. The van der Waals surface area contributed by atoms with Crippen molar-refractivity contribution in [1.29, 1.82) is 0 Å². The van der Waals surface area contributed by atoms with Crippen LogP contribution in [-0.2, 0) is 6.18 Å². The number of hydrogen-bond acceptors (Lipinski definition) is 5. The third-order valence-electron chi connectivity index (χ3n) is 4.62. The number of nitro benzene ring substituents is 1. The van der Waals surface area contributed by atoms with E-state index in [4.69, 9.17) is 0 Å². The molecule has 0 saturated heterocycles. The van der Waals surface area contributed by atoms with Crippen molar-refractivity contribution in [3.8, 4) is 0 Å². The van der Waals surface area contributed by atoms with Gasteiger partial charge in [0.25, 0.3) is 5.69 Å². The van der Waals surface area contributed by atoms with Gasteiger partial charge >= 0.3 is 6.18 Å². The SMILES string of the molecule is O=c1cc(NCC2CCCCC2)sc2c([N+](=O)[O-])cc(C(F)(F)F)cc12. The van der Waals surface area contributed by atoms with Crippen molar-refractivity contribution in [2.75, 3.05) is 11.9 Å². The van der Waals surface area contributed by atoms with Crippen LogP contribution in [0.15, 0.2) is 23.0 Å². The monoisotopic (exact) mass is 386 g/mol. The summed E-state index contributed by atoms with van der Waals surface area (Å²) in [6, 6.07) is 2.40. The topological polar surface area (TPSA) is 72.2 Å². The van der Waals surface area contributed by atoms with Crippen molar-refractivity contribution in [2.45, 2.75) is 38.3 Å². The molecule has 0 bridgehead atoms. The number of non-ortho nitro benzene ring substituents is 1. The van der Waals surface area contributed by atoms with Crippen molar-refractivity contribution in [1.82, 2.24) is 0 Å². The Morgan fingerprint density at radius 3 is 2.50 bits per heavy atom. The fourth-order valence-electron chi connectivity index (χ4n) is 3.26. The molecular formula is C17H17F3N2O3S. The van der Waals surface area contributed by atoms with Crippen LogP contribution in [0.1, 0.15) is 37.7 Å². The normalized spacial score (nSPS) is 16.0. The number of alkyl halides is 3. The number of nitrogens with one attached hydrogen (secondary N) is 1. The van der Waals surface area contributed by atoms with E-state index in [-0.39, 0.29) is 10.1 Å². The van der Waals surface area contributed by atoms with Gasteiger partial charge in [-0.05, 0) is 24.8 Å². The first kappa shape index (κ1) is 18.6. The van der Waals surface area contributed by atoms with E-state index in [2.05, 4.69) is 5.32 Å². The molecule has 2 aromatic rings. The summed E-state index contributed by atoms with van der Waals surface area (Å²) >= 11 is 0.944. The molecule has 1 heterocycles. The third kappa shape index (κ3) is 3.98. The lowest BCUT2D eigenvalue weighted by molar-refractivity contribution is -0.383. The van der Waals surface area contributed by atoms with E-state index in [0.29, 0.717) is 29.6 Å². The first-order valence-electron chi connectivity index (χ1n) is 8.33. The Morgan fingerprint density at radius 1 is 1.19 bits per heavy atom. The Morgan fingerprint density at radius 2 is 1.88 bits per heavy atom. The van der Waals surface area contributed by atoms with Crippen LogP contribution < -0.4 is 10.7 Å². The summed E-state index contributed by atoms with van der Waals surface area (Å²) in [6.07, 6.45) is 0.953. The van der Waals surface area contributed by atoms with Crippen LogP contribution in [0.3, 0.4) is 0 Å². The number of hydrogen-bond donors (Lipinski definition) is 1. The highest BCUT2D eigenvalue weighted by Gasteiger charge is 2.34. The fourth-order valence-corrected chi connectivity index (χ4v) is 4.31. The van der Waals surface area contributed by atoms with Crippen molar-refractivity contribution in [2.24, 2.45) is 5.92 Å². The Kier molecular flexibility index (Phi) is 5.17. The minimum absolute atomic E-state index is 0.0401. The lowest BCUT2D eigenvalue weighted by atomic mass is 9.89. The first-order chi connectivity index (χ1) is 12.3. The Bertz CT molecular complexity index is 889. The number of nitro groups is 1. The Balaban J connectivity index is 1.99. The average molecular weight is 386 g/mol. The van der Waals surface area contributed by atoms with Gasteiger partial charge in [-0.25, -0.2) is 0 Å². The number of nitrogens with zero attached hydrogens (tertiary/aromatic N) is 1. The summed E-state index contributed by atoms with van der Waals surface area (Å²) in [7, 11) is 0. The lowest BCUT2D eigenvalue weighted by Crippen LogP contribution is -2.17. The molecule has 1 fully saturated rings. The average Bonchev–Trinajstić information content (AvgIpc) is 2.59. The van der Waals surface area contributed by atoms with Crippen LogP contribution in [0.25, 0.3) is 10.1 Å². The second-order valence-corrected chi connectivity index (χ2v) is 7.54. The molecule has 3 rings (SSSR count). The molecule has 1 aliphatic carbocycles. The van der Waals surface area contributed by atoms with E-state index in [1.54, 1.807) is 0 Å². The van der Waals surface area contributed by atoms with E-state index in [9.17, 15) is 28.1 Å². The molecule has 26 heavy (non-hydrogen) atoms. The maximum absolute atomic E-state index is 13.0. The standard InChI is InChI=1S/C17H17F3N2O3S/c18-17(19,20)11-6-12-14(23)8-15(21-9-10-4-2-1-3-5-10)26-16(12)13(7-11)22(24)25/h6-8,10,21H,1-5,9H2. The summed E-state index contributed by atoms with van der Waals surface area (Å²) in [5.41, 5.74) is -2.54. The second-order valence-electron chi connectivity index (χ2n) is 6.49. The Labute approximate surface area is 151 Å². The lowest BCUT2D eigenvalue weighted by Gasteiger charge is -2.22. The molecule has 0 aliphatic heterocycles. The smallest absolute Gasteiger partial charge is 0.377 e. The van der Waals surface area contributed by atoms with E-state index in [1.165, 1.54) is 12.5 Å². The van der Waals surface area contributed by atoms with Crippen LogP contribution in [0.2, 0.25) is 0 Å². The summed E-state index contributed by atoms with van der Waals surface area (Å²) in [5.74, 6) is 0.476. The van der Waals surface area contributed by atoms with Crippen molar-refractivity contribution in [3.05, 3.63) is 44.1 Å². The largest absolute Gasteiger partial charge is 0.416 e. The van der Waals surface area contributed by atoms with E-state index in [1.807, 2.05) is 0 Å². The summed E-state index contributed by atoms with van der Waals surface area (Å²) < 4.78 is 38.8. The molecule has 0 radical (unpaired) electrons. The minimum Gasteiger partial charge on any atom is -0.377 e. The van der Waals surface area contributed by atoms with Gasteiger partial charge in [-0.15, -0.1) is 11.3 Å². The molecule has 0 atom stereocenters. The van der Waals surface area contributed by atoms with Crippen molar-refractivity contribution < 1.29 is 18.1 Å². The predicted octanol–water partition coefficient (Wildman–Crippen LogP) is 5.18. The highest BCUT2D eigenvalue weighted by atomic mass is 32.1. The molecule has 1 aromatic carbocycles. The van der Waals surface area contributed by atoms with Crippen LogP contribution in [-0.4, -0.2) is 11.5 Å². The van der Waals surface area contributed by atoms with E-state index < -0.39 is 27.8 Å². The van der Waals surface area contributed by atoms with Crippen molar-refractivity contribution >= 4 is 32.1 Å². The fraction of sp³-hybridized carbons (Fsp3) is 0.471. The van der Waals surface area contributed by atoms with Gasteiger partial charge in [-0.3, -0.25) is 14.9 Å². The van der Waals surface area contributed by atoms with Crippen LogP contribution in [0, 0.1) is 16.0 Å². The number of fused-ring (bicyclic) bond motifs is 1. The summed E-state index contributed by atoms with van der Waals surface area (Å²) in [5, 5.41) is 14.5. The number of halogens is 3. The Hall–Kier alpha value is -2.16. The minimum atomic E-state index is -4.76. The van der Waals surface area contributed by atoms with Gasteiger partial charge in [0.1, 0.15) is 4.70 Å². The van der Waals surface area contributed by atoms with Gasteiger partial charge in [0.05, 0.1) is 15.5 Å². The molecule has 1 saturated carbocycles. The van der Waals surface area contributed by atoms with Gasteiger partial charge in [0.15, 0.2) is 5.43 Å². The van der Waals surface area contributed by atoms with Crippen LogP contribution >= 0.6 is 11.3 Å². The second kappa shape index (κ2) is 7.22. The molecule has 1 aliphatic rings. The number of benzene rings is 1. The van der Waals surface area contributed by atoms with Gasteiger partial charge in [-0.2, -0.15) is 13.2 Å². The van der Waals surface area contributed by atoms with Crippen LogP contribution in [0.5, 0.6) is 0 Å². The number of anilines is 1. The zero-order valence-corrected chi connectivity index (χ0v) is 14.6. The summed E-state index contributed by atoms with van der Waals surface area (Å²) in [4.78, 5) is 22.6. The number of rotatable bonds is 4. The molecule has 1 N–H and O–H groups in total. The summed E-state index contributed by atoms with van der Waals surface area (Å²) in [6.45, 7) is 0.649. The highest BCUT2D eigenvalue weighted by molar-refractivity contribution is 7.22. The molecule has 140 valence electrons. The molecule has 9 heteroatoms. The van der Waals surface area contributed by atoms with Gasteiger partial charge in [0.2, 0.25) is 0 Å². The molecular weight excluding hydrogens is 369 g/mol. The first-order valence-corrected chi connectivity index (χ1v) is 9.14. The van der Waals surface area contributed by atoms with Crippen LogP contribution in [0.4, 0.5) is 23.9 Å². The predicted molar refractivity (Wildman–Crippen MR) is 94.8 cm³/mol.